The maximum absolute atomic E-state index is 13.5. The van der Waals surface area contributed by atoms with Crippen molar-refractivity contribution >= 4 is 24.0 Å². The molecule has 0 aliphatic heterocycles. The molecular weight excluding hydrogens is 398 g/mol. The summed E-state index contributed by atoms with van der Waals surface area (Å²) in [6.07, 6.45) is 5.13. The highest BCUT2D eigenvalue weighted by Crippen LogP contribution is 2.41. The van der Waals surface area contributed by atoms with Crippen molar-refractivity contribution in [2.75, 3.05) is 5.32 Å². The second kappa shape index (κ2) is 9.41. The molecule has 3 aromatic rings. The van der Waals surface area contributed by atoms with E-state index >= 15 is 0 Å². The second-order valence-corrected chi connectivity index (χ2v) is 7.80. The van der Waals surface area contributed by atoms with Gasteiger partial charge in [-0.15, -0.1) is 12.4 Å². The molecule has 6 nitrogen and oxygen atoms in total. The van der Waals surface area contributed by atoms with Crippen molar-refractivity contribution < 1.29 is 4.79 Å². The smallest absolute Gasteiger partial charge is 0.235 e. The van der Waals surface area contributed by atoms with Gasteiger partial charge in [0.25, 0.3) is 0 Å². The topological polar surface area (TPSA) is 96.7 Å². The van der Waals surface area contributed by atoms with Gasteiger partial charge in [-0.1, -0.05) is 43.5 Å². The molecule has 1 aliphatic carbocycles. The van der Waals surface area contributed by atoms with Gasteiger partial charge in [-0.25, -0.2) is 4.98 Å². The molecule has 1 amide bonds. The van der Waals surface area contributed by atoms with Crippen LogP contribution in [-0.2, 0) is 16.8 Å². The Balaban J connectivity index is 0.00000256. The fraction of sp³-hybridized carbons (Fsp3) is 0.348. The lowest BCUT2D eigenvalue weighted by Gasteiger charge is -2.37. The molecule has 1 fully saturated rings. The largest absolute Gasteiger partial charge is 0.325 e. The Morgan fingerprint density at radius 3 is 2.43 bits per heavy atom. The molecule has 1 aliphatic rings. The lowest BCUT2D eigenvalue weighted by Crippen LogP contribution is -2.42. The zero-order chi connectivity index (χ0) is 20.3. The minimum Gasteiger partial charge on any atom is -0.325 e. The van der Waals surface area contributed by atoms with Crippen molar-refractivity contribution in [3.8, 4) is 11.4 Å². The minimum absolute atomic E-state index is 0. The monoisotopic (exact) mass is 425 g/mol. The third-order valence-corrected chi connectivity index (χ3v) is 5.93. The van der Waals surface area contributed by atoms with Crippen LogP contribution in [0.4, 0.5) is 5.69 Å². The molecule has 1 aromatic heterocycles. The Kier molecular flexibility index (Phi) is 6.90. The van der Waals surface area contributed by atoms with Gasteiger partial charge >= 0.3 is 0 Å². The average molecular weight is 426 g/mol. The Labute approximate surface area is 183 Å². The average Bonchev–Trinajstić information content (AvgIpc) is 3.24. The molecule has 0 spiro atoms. The van der Waals surface area contributed by atoms with Gasteiger partial charge in [0.15, 0.2) is 5.82 Å². The van der Waals surface area contributed by atoms with E-state index in [0.717, 1.165) is 42.5 Å². The summed E-state index contributed by atoms with van der Waals surface area (Å²) in [6.45, 7) is 2.42. The van der Waals surface area contributed by atoms with Gasteiger partial charge in [0.1, 0.15) is 5.82 Å². The van der Waals surface area contributed by atoms with Gasteiger partial charge in [-0.3, -0.25) is 9.89 Å². The Morgan fingerprint density at radius 2 is 1.80 bits per heavy atom. The number of carbonyl (C=O) groups is 1. The van der Waals surface area contributed by atoms with E-state index in [1.54, 1.807) is 0 Å². The lowest BCUT2D eigenvalue weighted by molar-refractivity contribution is -0.122. The highest BCUT2D eigenvalue weighted by atomic mass is 35.5. The van der Waals surface area contributed by atoms with Crippen molar-refractivity contribution in [1.82, 2.24) is 15.2 Å². The number of benzene rings is 2. The minimum atomic E-state index is -0.456. The quantitative estimate of drug-likeness (QED) is 0.560. The van der Waals surface area contributed by atoms with Crippen molar-refractivity contribution in [3.63, 3.8) is 0 Å². The van der Waals surface area contributed by atoms with Gasteiger partial charge in [-0.05, 0) is 55.2 Å². The Morgan fingerprint density at radius 1 is 1.10 bits per heavy atom. The first-order chi connectivity index (χ1) is 14.1. The molecule has 7 heteroatoms. The molecule has 4 N–H and O–H groups in total. The number of nitrogens with zero attached hydrogens (tertiary/aromatic N) is 2. The van der Waals surface area contributed by atoms with Crippen LogP contribution in [0.3, 0.4) is 0 Å². The molecular formula is C23H28ClN5O. The number of H-pyrrole nitrogens is 1. The van der Waals surface area contributed by atoms with Crippen molar-refractivity contribution in [2.24, 2.45) is 5.73 Å². The van der Waals surface area contributed by atoms with Crippen LogP contribution < -0.4 is 11.1 Å². The number of halogens is 1. The summed E-state index contributed by atoms with van der Waals surface area (Å²) in [4.78, 5) is 17.8. The number of nitrogens with one attached hydrogen (secondary N) is 2. The highest BCUT2D eigenvalue weighted by molar-refractivity contribution is 5.99. The summed E-state index contributed by atoms with van der Waals surface area (Å²) in [7, 11) is 0. The Bertz CT molecular complexity index is 993. The van der Waals surface area contributed by atoms with Gasteiger partial charge < -0.3 is 11.1 Å². The van der Waals surface area contributed by atoms with Crippen molar-refractivity contribution in [2.45, 2.75) is 51.0 Å². The lowest BCUT2D eigenvalue weighted by atomic mass is 9.67. The molecule has 1 heterocycles. The van der Waals surface area contributed by atoms with Gasteiger partial charge in [0.05, 0.1) is 12.0 Å². The molecule has 158 valence electrons. The summed E-state index contributed by atoms with van der Waals surface area (Å²) in [5.74, 6) is 1.34. The maximum Gasteiger partial charge on any atom is 0.235 e. The van der Waals surface area contributed by atoms with Crippen LogP contribution in [0.25, 0.3) is 11.4 Å². The van der Waals surface area contributed by atoms with Crippen LogP contribution in [0.15, 0.2) is 48.5 Å². The number of aromatic amines is 1. The van der Waals surface area contributed by atoms with Gasteiger partial charge in [0, 0.05) is 11.3 Å². The van der Waals surface area contributed by atoms with Crippen LogP contribution in [0, 0.1) is 6.92 Å². The number of nitrogens with two attached hydrogens (primary N) is 1. The number of anilines is 1. The maximum atomic E-state index is 13.5. The van der Waals surface area contributed by atoms with Crippen LogP contribution in [0.5, 0.6) is 0 Å². The van der Waals surface area contributed by atoms with E-state index < -0.39 is 5.41 Å². The van der Waals surface area contributed by atoms with E-state index in [0.29, 0.717) is 18.2 Å². The highest BCUT2D eigenvalue weighted by Gasteiger charge is 2.41. The van der Waals surface area contributed by atoms with Gasteiger partial charge in [0.2, 0.25) is 5.91 Å². The number of aromatic nitrogens is 3. The molecule has 0 radical (unpaired) electrons. The van der Waals surface area contributed by atoms with E-state index in [1.807, 2.05) is 36.4 Å². The van der Waals surface area contributed by atoms with Crippen LogP contribution in [0.2, 0.25) is 0 Å². The van der Waals surface area contributed by atoms with Crippen LogP contribution >= 0.6 is 12.4 Å². The summed E-state index contributed by atoms with van der Waals surface area (Å²) in [6, 6.07) is 15.9. The number of rotatable bonds is 5. The standard InChI is InChI=1S/C23H27N5O.ClH/c1-16-7-3-4-8-19(16)23(13-5-2-6-14-23)22(29)25-18-11-9-17(10-12-18)21-26-20(15-24)27-28-21;/h3-4,7-12H,2,5-6,13-15,24H2,1H3,(H,25,29)(H,26,27,28);1H. The molecule has 30 heavy (non-hydrogen) atoms. The Hall–Kier alpha value is -2.70. The van der Waals surface area contributed by atoms with Crippen LogP contribution in [-0.4, -0.2) is 21.1 Å². The fourth-order valence-electron chi connectivity index (χ4n) is 4.35. The predicted molar refractivity (Wildman–Crippen MR) is 122 cm³/mol. The molecule has 1 saturated carbocycles. The van der Waals surface area contributed by atoms with E-state index in [1.165, 1.54) is 12.0 Å². The first kappa shape index (κ1) is 22.0. The molecule has 2 aromatic carbocycles. The molecule has 4 rings (SSSR count). The van der Waals surface area contributed by atoms with E-state index in [2.05, 4.69) is 39.6 Å². The van der Waals surface area contributed by atoms with Crippen LogP contribution in [0.1, 0.15) is 49.1 Å². The number of hydrogen-bond acceptors (Lipinski definition) is 4. The summed E-state index contributed by atoms with van der Waals surface area (Å²) in [5, 5.41) is 10.2. The summed E-state index contributed by atoms with van der Waals surface area (Å²) in [5.41, 5.74) is 9.13. The fourth-order valence-corrected chi connectivity index (χ4v) is 4.35. The zero-order valence-electron chi connectivity index (χ0n) is 17.1. The van der Waals surface area contributed by atoms with Crippen molar-refractivity contribution in [1.29, 1.82) is 0 Å². The number of aryl methyl sites for hydroxylation is 1. The zero-order valence-corrected chi connectivity index (χ0v) is 18.0. The number of hydrogen-bond donors (Lipinski definition) is 3. The first-order valence-corrected chi connectivity index (χ1v) is 10.2. The molecule has 0 unspecified atom stereocenters. The summed E-state index contributed by atoms with van der Waals surface area (Å²) < 4.78 is 0. The third kappa shape index (κ3) is 4.25. The van der Waals surface area contributed by atoms with E-state index in [4.69, 9.17) is 5.73 Å². The van der Waals surface area contributed by atoms with E-state index in [-0.39, 0.29) is 18.3 Å². The SMILES string of the molecule is Cc1ccccc1C1(C(=O)Nc2ccc(-c3n[nH]c(CN)n3)cc2)CCCCC1.Cl. The molecule has 0 saturated heterocycles. The van der Waals surface area contributed by atoms with Crippen molar-refractivity contribution in [3.05, 3.63) is 65.5 Å². The second-order valence-electron chi connectivity index (χ2n) is 7.80. The summed E-state index contributed by atoms with van der Waals surface area (Å²) >= 11 is 0. The number of amides is 1. The molecule has 0 bridgehead atoms. The number of carbonyl (C=O) groups excluding carboxylic acids is 1. The first-order valence-electron chi connectivity index (χ1n) is 10.2. The molecule has 0 atom stereocenters. The van der Waals surface area contributed by atoms with Gasteiger partial charge in [-0.2, -0.15) is 5.10 Å². The normalized spacial score (nSPS) is 15.3. The third-order valence-electron chi connectivity index (χ3n) is 5.93. The van der Waals surface area contributed by atoms with E-state index in [9.17, 15) is 4.79 Å². The predicted octanol–water partition coefficient (Wildman–Crippen LogP) is 4.50.